The maximum atomic E-state index is 10.5. The number of amides is 1. The number of carbonyl (C=O) groups excluding carboxylic acids is 1. The summed E-state index contributed by atoms with van der Waals surface area (Å²) >= 11 is 0. The molecule has 6 heteroatoms. The van der Waals surface area contributed by atoms with Crippen LogP contribution in [0.15, 0.2) is 6.20 Å². The topological polar surface area (TPSA) is 85.8 Å². The Morgan fingerprint density at radius 2 is 2.27 bits per heavy atom. The second-order valence-electron chi connectivity index (χ2n) is 4.40. The molecule has 1 heterocycles. The van der Waals surface area contributed by atoms with Gasteiger partial charge in [0.05, 0.1) is 24.0 Å². The van der Waals surface area contributed by atoms with Crippen LogP contribution in [0.25, 0.3) is 0 Å². The number of hydrogen-bond donors (Lipinski definition) is 2. The largest absolute Gasteiger partial charge is 0.369 e. The molecule has 1 aromatic heterocycles. The minimum atomic E-state index is -0.377. The lowest BCUT2D eigenvalue weighted by atomic mass is 10.1. The van der Waals surface area contributed by atoms with Crippen molar-refractivity contribution in [1.29, 1.82) is 0 Å². The molecule has 3 N–H and O–H groups in total. The van der Waals surface area contributed by atoms with Gasteiger partial charge in [0.25, 0.3) is 0 Å². The molecule has 6 nitrogen and oxygen atoms in total. The molecule has 0 fully saturated rings. The fraction of sp³-hybridized carbons (Fsp3) is 0.667. The highest BCUT2D eigenvalue weighted by atomic mass is 16.1. The van der Waals surface area contributed by atoms with Crippen molar-refractivity contribution < 1.29 is 4.79 Å². The molecule has 0 aromatic carbocycles. The Hall–Kier alpha value is -1.43. The number of nitrogens with zero attached hydrogens (tertiary/aromatic N) is 3. The number of nitrogens with one attached hydrogen (secondary N) is 1. The highest BCUT2D eigenvalue weighted by Crippen LogP contribution is 2.11. The van der Waals surface area contributed by atoms with E-state index in [0.29, 0.717) is 6.54 Å². The van der Waals surface area contributed by atoms with Crippen LogP contribution in [-0.2, 0) is 16.9 Å². The van der Waals surface area contributed by atoms with E-state index in [2.05, 4.69) is 15.6 Å². The molecule has 15 heavy (non-hydrogen) atoms. The fourth-order valence-electron chi connectivity index (χ4n) is 1.02. The fourth-order valence-corrected chi connectivity index (χ4v) is 1.02. The number of hydrogen-bond acceptors (Lipinski definition) is 4. The molecule has 0 unspecified atom stereocenters. The highest BCUT2D eigenvalue weighted by Gasteiger charge is 2.14. The van der Waals surface area contributed by atoms with Gasteiger partial charge in [-0.2, -0.15) is 0 Å². The van der Waals surface area contributed by atoms with Crippen molar-refractivity contribution in [2.24, 2.45) is 5.73 Å². The lowest BCUT2D eigenvalue weighted by Crippen LogP contribution is -2.28. The third-order valence-corrected chi connectivity index (χ3v) is 1.83. The summed E-state index contributed by atoms with van der Waals surface area (Å²) in [7, 11) is 0. The van der Waals surface area contributed by atoms with Crippen LogP contribution in [0.2, 0.25) is 0 Å². The van der Waals surface area contributed by atoms with Crippen LogP contribution >= 0.6 is 0 Å². The third kappa shape index (κ3) is 3.67. The molecule has 0 atom stereocenters. The first-order valence-electron chi connectivity index (χ1n) is 4.80. The standard InChI is InChI=1S/C9H17N5O/c1-9(2,3)14-6-7(12-13-14)4-11-5-8(10)15/h6,11H,4-5H2,1-3H3,(H2,10,15). The molecule has 0 saturated heterocycles. The number of carbonyl (C=O) groups is 1. The van der Waals surface area contributed by atoms with Crippen LogP contribution in [0.5, 0.6) is 0 Å². The second-order valence-corrected chi connectivity index (χ2v) is 4.40. The summed E-state index contributed by atoms with van der Waals surface area (Å²) < 4.78 is 1.79. The van der Waals surface area contributed by atoms with Gasteiger partial charge in [-0.05, 0) is 20.8 Å². The zero-order chi connectivity index (χ0) is 11.5. The molecule has 0 aliphatic rings. The van der Waals surface area contributed by atoms with Gasteiger partial charge in [0.2, 0.25) is 5.91 Å². The van der Waals surface area contributed by atoms with E-state index < -0.39 is 0 Å². The second kappa shape index (κ2) is 4.39. The molecule has 1 amide bonds. The van der Waals surface area contributed by atoms with Gasteiger partial charge >= 0.3 is 0 Å². The predicted octanol–water partition coefficient (Wildman–Crippen LogP) is -0.392. The first-order chi connectivity index (χ1) is 6.89. The molecule has 1 aromatic rings. The van der Waals surface area contributed by atoms with Crippen molar-refractivity contribution in [2.45, 2.75) is 32.9 Å². The van der Waals surface area contributed by atoms with Gasteiger partial charge in [0.1, 0.15) is 0 Å². The van der Waals surface area contributed by atoms with E-state index in [4.69, 9.17) is 5.73 Å². The van der Waals surface area contributed by atoms with Crippen molar-refractivity contribution in [3.8, 4) is 0 Å². The van der Waals surface area contributed by atoms with Gasteiger partial charge in [0.15, 0.2) is 0 Å². The van der Waals surface area contributed by atoms with Crippen molar-refractivity contribution >= 4 is 5.91 Å². The molecule has 84 valence electrons. The summed E-state index contributed by atoms with van der Waals surface area (Å²) in [5.41, 5.74) is 5.71. The Morgan fingerprint density at radius 3 is 2.73 bits per heavy atom. The van der Waals surface area contributed by atoms with E-state index in [0.717, 1.165) is 5.69 Å². The molecule has 0 spiro atoms. The highest BCUT2D eigenvalue weighted by molar-refractivity contribution is 5.75. The Kier molecular flexibility index (Phi) is 3.41. The van der Waals surface area contributed by atoms with E-state index in [1.807, 2.05) is 27.0 Å². The Bertz CT molecular complexity index is 339. The maximum absolute atomic E-state index is 10.5. The maximum Gasteiger partial charge on any atom is 0.231 e. The zero-order valence-electron chi connectivity index (χ0n) is 9.32. The Balaban J connectivity index is 2.50. The molecule has 0 saturated carbocycles. The van der Waals surface area contributed by atoms with Crippen LogP contribution in [0.3, 0.4) is 0 Å². The minimum absolute atomic E-state index is 0.0745. The molecule has 1 rings (SSSR count). The average Bonchev–Trinajstić information content (AvgIpc) is 2.51. The first kappa shape index (κ1) is 11.6. The van der Waals surface area contributed by atoms with E-state index >= 15 is 0 Å². The molecule has 0 bridgehead atoms. The Morgan fingerprint density at radius 1 is 1.60 bits per heavy atom. The Labute approximate surface area is 88.8 Å². The normalized spacial score (nSPS) is 11.7. The van der Waals surface area contributed by atoms with Gasteiger partial charge in [-0.1, -0.05) is 5.21 Å². The minimum Gasteiger partial charge on any atom is -0.369 e. The van der Waals surface area contributed by atoms with E-state index in [1.54, 1.807) is 4.68 Å². The van der Waals surface area contributed by atoms with E-state index in [-0.39, 0.29) is 18.0 Å². The average molecular weight is 211 g/mol. The van der Waals surface area contributed by atoms with Gasteiger partial charge < -0.3 is 11.1 Å². The van der Waals surface area contributed by atoms with Crippen molar-refractivity contribution in [1.82, 2.24) is 20.3 Å². The molecule has 0 aliphatic carbocycles. The summed E-state index contributed by atoms with van der Waals surface area (Å²) in [6.45, 7) is 6.79. The van der Waals surface area contributed by atoms with Crippen LogP contribution in [0, 0.1) is 0 Å². The van der Waals surface area contributed by atoms with E-state index in [9.17, 15) is 4.79 Å². The van der Waals surface area contributed by atoms with Crippen LogP contribution in [0.4, 0.5) is 0 Å². The summed E-state index contributed by atoms with van der Waals surface area (Å²) in [6, 6.07) is 0. The van der Waals surface area contributed by atoms with E-state index in [1.165, 1.54) is 0 Å². The van der Waals surface area contributed by atoms with Gasteiger partial charge in [-0.25, -0.2) is 4.68 Å². The van der Waals surface area contributed by atoms with Crippen molar-refractivity contribution in [3.05, 3.63) is 11.9 Å². The summed E-state index contributed by atoms with van der Waals surface area (Å²) in [5, 5.41) is 10.8. The van der Waals surface area contributed by atoms with Gasteiger partial charge in [0, 0.05) is 6.54 Å². The SMILES string of the molecule is CC(C)(C)n1cc(CNCC(N)=O)nn1. The van der Waals surface area contributed by atoms with Crippen molar-refractivity contribution in [3.63, 3.8) is 0 Å². The third-order valence-electron chi connectivity index (χ3n) is 1.83. The zero-order valence-corrected chi connectivity index (χ0v) is 9.32. The quantitative estimate of drug-likeness (QED) is 0.710. The van der Waals surface area contributed by atoms with Crippen LogP contribution in [-0.4, -0.2) is 27.4 Å². The number of nitrogens with two attached hydrogens (primary N) is 1. The number of rotatable bonds is 4. The summed E-state index contributed by atoms with van der Waals surface area (Å²) in [4.78, 5) is 10.5. The first-order valence-corrected chi connectivity index (χ1v) is 4.80. The van der Waals surface area contributed by atoms with Crippen LogP contribution in [0.1, 0.15) is 26.5 Å². The monoisotopic (exact) mass is 211 g/mol. The van der Waals surface area contributed by atoms with Crippen molar-refractivity contribution in [2.75, 3.05) is 6.54 Å². The summed E-state index contributed by atoms with van der Waals surface area (Å²) in [5.74, 6) is -0.377. The number of primary amides is 1. The lowest BCUT2D eigenvalue weighted by molar-refractivity contribution is -0.117. The molecule has 0 radical (unpaired) electrons. The predicted molar refractivity (Wildman–Crippen MR) is 55.9 cm³/mol. The van der Waals surface area contributed by atoms with Gasteiger partial charge in [-0.15, -0.1) is 5.10 Å². The summed E-state index contributed by atoms with van der Waals surface area (Å²) in [6.07, 6.45) is 1.86. The number of aromatic nitrogens is 3. The smallest absolute Gasteiger partial charge is 0.231 e. The molecular formula is C9H17N5O. The van der Waals surface area contributed by atoms with Gasteiger partial charge in [-0.3, -0.25) is 4.79 Å². The molecule has 0 aliphatic heterocycles. The molecular weight excluding hydrogens is 194 g/mol. The van der Waals surface area contributed by atoms with Crippen LogP contribution < -0.4 is 11.1 Å². The lowest BCUT2D eigenvalue weighted by Gasteiger charge is -2.17.